The Bertz CT molecular complexity index is 536. The highest BCUT2D eigenvalue weighted by Gasteiger charge is 2.11. The summed E-state index contributed by atoms with van der Waals surface area (Å²) in [5.41, 5.74) is 3.45. The van der Waals surface area contributed by atoms with Gasteiger partial charge < -0.3 is 10.1 Å². The minimum atomic E-state index is 0.113. The second kappa shape index (κ2) is 5.50. The minimum absolute atomic E-state index is 0.113. The van der Waals surface area contributed by atoms with E-state index in [4.69, 9.17) is 4.74 Å². The molecule has 0 amide bonds. The number of hydrogen-bond donors (Lipinski definition) is 1. The fourth-order valence-electron chi connectivity index (χ4n) is 1.84. The van der Waals surface area contributed by atoms with Gasteiger partial charge in [-0.1, -0.05) is 29.5 Å². The molecule has 1 aromatic carbocycles. The Morgan fingerprint density at radius 3 is 2.78 bits per heavy atom. The summed E-state index contributed by atoms with van der Waals surface area (Å²) in [6, 6.07) is 8.45. The van der Waals surface area contributed by atoms with Gasteiger partial charge in [-0.25, -0.2) is 4.98 Å². The molecule has 0 aliphatic rings. The van der Waals surface area contributed by atoms with Crippen molar-refractivity contribution in [1.82, 2.24) is 4.98 Å². The number of aromatic nitrogens is 1. The summed E-state index contributed by atoms with van der Waals surface area (Å²) in [6.07, 6.45) is 0.113. The molecule has 0 spiro atoms. The molecular weight excluding hydrogens is 244 g/mol. The van der Waals surface area contributed by atoms with Gasteiger partial charge in [-0.2, -0.15) is 0 Å². The lowest BCUT2D eigenvalue weighted by molar-refractivity contribution is 0.119. The predicted octanol–water partition coefficient (Wildman–Crippen LogP) is 3.87. The molecule has 2 rings (SSSR count). The molecule has 18 heavy (non-hydrogen) atoms. The molecule has 1 atom stereocenters. The molecule has 2 aromatic rings. The Hall–Kier alpha value is -1.39. The van der Waals surface area contributed by atoms with Crippen LogP contribution in [0.15, 0.2) is 24.3 Å². The number of rotatable bonds is 4. The largest absolute Gasteiger partial charge is 0.377 e. The lowest BCUT2D eigenvalue weighted by atomic mass is 10.1. The smallest absolute Gasteiger partial charge is 0.183 e. The molecule has 1 unspecified atom stereocenters. The van der Waals surface area contributed by atoms with Gasteiger partial charge in [-0.15, -0.1) is 0 Å². The van der Waals surface area contributed by atoms with E-state index in [1.807, 2.05) is 14.0 Å². The van der Waals surface area contributed by atoms with Crippen LogP contribution in [0.5, 0.6) is 0 Å². The zero-order chi connectivity index (χ0) is 13.1. The van der Waals surface area contributed by atoms with E-state index < -0.39 is 0 Å². The van der Waals surface area contributed by atoms with Crippen LogP contribution in [-0.4, -0.2) is 19.1 Å². The van der Waals surface area contributed by atoms with E-state index in [1.165, 1.54) is 16.0 Å². The van der Waals surface area contributed by atoms with Crippen molar-refractivity contribution in [3.05, 3.63) is 35.5 Å². The van der Waals surface area contributed by atoms with Crippen molar-refractivity contribution in [1.29, 1.82) is 0 Å². The average molecular weight is 262 g/mol. The van der Waals surface area contributed by atoms with Crippen LogP contribution >= 0.6 is 11.3 Å². The van der Waals surface area contributed by atoms with E-state index >= 15 is 0 Å². The van der Waals surface area contributed by atoms with Gasteiger partial charge in [-0.3, -0.25) is 0 Å². The lowest BCUT2D eigenvalue weighted by Gasteiger charge is -2.10. The number of ether oxygens (including phenoxy) is 1. The van der Waals surface area contributed by atoms with Crippen LogP contribution in [-0.2, 0) is 4.74 Å². The molecule has 3 nitrogen and oxygen atoms in total. The van der Waals surface area contributed by atoms with Crippen LogP contribution in [0.3, 0.4) is 0 Å². The molecule has 0 bridgehead atoms. The maximum atomic E-state index is 5.36. The van der Waals surface area contributed by atoms with Crippen LogP contribution in [0.2, 0.25) is 0 Å². The standard InChI is InChI=1S/C14H18N2OS/c1-9-13(18-14(15-3)16-9)12-7-5-6-11(8-12)10(2)17-4/h5-8,10H,1-4H3,(H,15,16). The Morgan fingerprint density at radius 1 is 1.39 bits per heavy atom. The third-order valence-electron chi connectivity index (χ3n) is 2.98. The third-order valence-corrected chi connectivity index (χ3v) is 4.21. The Morgan fingerprint density at radius 2 is 2.17 bits per heavy atom. The molecule has 4 heteroatoms. The minimum Gasteiger partial charge on any atom is -0.377 e. The Balaban J connectivity index is 2.41. The number of nitrogens with zero attached hydrogens (tertiary/aromatic N) is 1. The van der Waals surface area contributed by atoms with Gasteiger partial charge in [0, 0.05) is 14.2 Å². The highest BCUT2D eigenvalue weighted by Crippen LogP contribution is 2.33. The number of thiazole rings is 1. The Labute approximate surface area is 112 Å². The lowest BCUT2D eigenvalue weighted by Crippen LogP contribution is -1.95. The number of anilines is 1. The van der Waals surface area contributed by atoms with Crippen LogP contribution in [0.4, 0.5) is 5.13 Å². The quantitative estimate of drug-likeness (QED) is 0.908. The summed E-state index contributed by atoms with van der Waals surface area (Å²) in [4.78, 5) is 5.69. The van der Waals surface area contributed by atoms with Crippen molar-refractivity contribution in [2.45, 2.75) is 20.0 Å². The normalized spacial score (nSPS) is 12.4. The molecule has 1 aromatic heterocycles. The molecule has 96 valence electrons. The maximum Gasteiger partial charge on any atom is 0.183 e. The SMILES string of the molecule is CNc1nc(C)c(-c2cccc(C(C)OC)c2)s1. The van der Waals surface area contributed by atoms with Gasteiger partial charge in [0.05, 0.1) is 16.7 Å². The van der Waals surface area contributed by atoms with Gasteiger partial charge in [-0.05, 0) is 31.0 Å². The molecule has 1 N–H and O–H groups in total. The second-order valence-electron chi connectivity index (χ2n) is 4.19. The first-order valence-electron chi connectivity index (χ1n) is 5.94. The van der Waals surface area contributed by atoms with Gasteiger partial charge in [0.25, 0.3) is 0 Å². The van der Waals surface area contributed by atoms with Crippen molar-refractivity contribution < 1.29 is 4.74 Å². The van der Waals surface area contributed by atoms with E-state index in [9.17, 15) is 0 Å². The summed E-state index contributed by atoms with van der Waals surface area (Å²) in [7, 11) is 3.62. The van der Waals surface area contributed by atoms with Gasteiger partial charge in [0.2, 0.25) is 0 Å². The number of aryl methyl sites for hydroxylation is 1. The fourth-order valence-corrected chi connectivity index (χ4v) is 2.76. The molecule has 0 saturated heterocycles. The van der Waals surface area contributed by atoms with Crippen molar-refractivity contribution >= 4 is 16.5 Å². The Kier molecular flexibility index (Phi) is 3.99. The van der Waals surface area contributed by atoms with Crippen molar-refractivity contribution in [3.8, 4) is 10.4 Å². The predicted molar refractivity (Wildman–Crippen MR) is 77.3 cm³/mol. The summed E-state index contributed by atoms with van der Waals surface area (Å²) < 4.78 is 5.36. The number of benzene rings is 1. The number of hydrogen-bond acceptors (Lipinski definition) is 4. The molecule has 1 heterocycles. The average Bonchev–Trinajstić information content (AvgIpc) is 2.79. The second-order valence-corrected chi connectivity index (χ2v) is 5.19. The molecule has 0 aliphatic heterocycles. The first-order chi connectivity index (χ1) is 8.65. The van der Waals surface area contributed by atoms with Gasteiger partial charge in [0.1, 0.15) is 0 Å². The fraction of sp³-hybridized carbons (Fsp3) is 0.357. The summed E-state index contributed by atoms with van der Waals surface area (Å²) in [5.74, 6) is 0. The third kappa shape index (κ3) is 2.54. The molecule has 0 aliphatic carbocycles. The summed E-state index contributed by atoms with van der Waals surface area (Å²) >= 11 is 1.68. The first-order valence-corrected chi connectivity index (χ1v) is 6.75. The van der Waals surface area contributed by atoms with E-state index in [2.05, 4.69) is 41.5 Å². The number of methoxy groups -OCH3 is 1. The molecular formula is C14H18N2OS. The summed E-state index contributed by atoms with van der Waals surface area (Å²) in [5, 5.41) is 4.04. The van der Waals surface area contributed by atoms with Crippen LogP contribution < -0.4 is 5.32 Å². The van der Waals surface area contributed by atoms with E-state index in [-0.39, 0.29) is 6.10 Å². The summed E-state index contributed by atoms with van der Waals surface area (Å²) in [6.45, 7) is 4.09. The monoisotopic (exact) mass is 262 g/mol. The van der Waals surface area contributed by atoms with Crippen LogP contribution in [0, 0.1) is 6.92 Å². The van der Waals surface area contributed by atoms with Gasteiger partial charge in [0.15, 0.2) is 5.13 Å². The van der Waals surface area contributed by atoms with Gasteiger partial charge >= 0.3 is 0 Å². The van der Waals surface area contributed by atoms with Crippen molar-refractivity contribution in [2.75, 3.05) is 19.5 Å². The van der Waals surface area contributed by atoms with Crippen molar-refractivity contribution in [3.63, 3.8) is 0 Å². The highest BCUT2D eigenvalue weighted by atomic mass is 32.1. The zero-order valence-corrected chi connectivity index (χ0v) is 12.0. The molecule has 0 fully saturated rings. The van der Waals surface area contributed by atoms with Crippen LogP contribution in [0.1, 0.15) is 24.3 Å². The maximum absolute atomic E-state index is 5.36. The number of nitrogens with one attached hydrogen (secondary N) is 1. The topological polar surface area (TPSA) is 34.2 Å². The van der Waals surface area contributed by atoms with Crippen LogP contribution in [0.25, 0.3) is 10.4 Å². The van der Waals surface area contributed by atoms with E-state index in [1.54, 1.807) is 18.4 Å². The van der Waals surface area contributed by atoms with E-state index in [0.717, 1.165) is 10.8 Å². The first kappa shape index (κ1) is 13.1. The van der Waals surface area contributed by atoms with Crippen molar-refractivity contribution in [2.24, 2.45) is 0 Å². The molecule has 0 radical (unpaired) electrons. The molecule has 0 saturated carbocycles. The zero-order valence-electron chi connectivity index (χ0n) is 11.2. The van der Waals surface area contributed by atoms with E-state index in [0.29, 0.717) is 0 Å². The highest BCUT2D eigenvalue weighted by molar-refractivity contribution is 7.19.